The quantitative estimate of drug-likeness (QED) is 0.721. The molecule has 0 saturated heterocycles. The molecule has 1 atom stereocenters. The Balaban J connectivity index is 2.81. The molecule has 0 aliphatic carbocycles. The number of nitrogen functional groups attached to an aromatic ring is 1. The molecule has 0 saturated carbocycles. The second-order valence-electron chi connectivity index (χ2n) is 4.55. The van der Waals surface area contributed by atoms with E-state index in [2.05, 4.69) is 5.32 Å². The van der Waals surface area contributed by atoms with Gasteiger partial charge in [-0.3, -0.25) is 4.79 Å². The Morgan fingerprint density at radius 1 is 1.53 bits per heavy atom. The van der Waals surface area contributed by atoms with Gasteiger partial charge in [0.2, 0.25) is 0 Å². The van der Waals surface area contributed by atoms with E-state index in [9.17, 15) is 4.79 Å². The molecule has 0 aliphatic rings. The van der Waals surface area contributed by atoms with Gasteiger partial charge in [0.05, 0.1) is 5.69 Å². The van der Waals surface area contributed by atoms with E-state index in [0.29, 0.717) is 17.8 Å². The number of hydrogen-bond donors (Lipinski definition) is 3. The number of carbonyl (C=O) groups is 1. The molecule has 1 unspecified atom stereocenters. The van der Waals surface area contributed by atoms with Crippen LogP contribution in [0.4, 0.5) is 5.69 Å². The highest BCUT2D eigenvalue weighted by atomic mass is 16.3. The van der Waals surface area contributed by atoms with Crippen LogP contribution in [0.25, 0.3) is 0 Å². The van der Waals surface area contributed by atoms with Gasteiger partial charge in [0.15, 0.2) is 0 Å². The maximum absolute atomic E-state index is 12.0. The molecule has 1 heterocycles. The molecule has 4 N–H and O–H groups in total. The second-order valence-corrected chi connectivity index (χ2v) is 4.55. The van der Waals surface area contributed by atoms with Crippen molar-refractivity contribution in [3.8, 4) is 0 Å². The maximum atomic E-state index is 12.0. The number of nitrogens with two attached hydrogens (primary N) is 1. The average Bonchev–Trinajstić information content (AvgIpc) is 2.60. The monoisotopic (exact) mass is 239 g/mol. The number of nitrogens with zero attached hydrogens (tertiary/aromatic N) is 1. The lowest BCUT2D eigenvalue weighted by Gasteiger charge is -2.15. The minimum atomic E-state index is -0.156. The predicted molar refractivity (Wildman–Crippen MR) is 67.9 cm³/mol. The Morgan fingerprint density at radius 2 is 2.18 bits per heavy atom. The van der Waals surface area contributed by atoms with Crippen molar-refractivity contribution < 1.29 is 9.90 Å². The summed E-state index contributed by atoms with van der Waals surface area (Å²) in [6.07, 6.45) is 2.31. The number of aliphatic hydroxyl groups is 1. The largest absolute Gasteiger partial charge is 0.397 e. The van der Waals surface area contributed by atoms with Crippen molar-refractivity contribution in [2.24, 2.45) is 0 Å². The molecule has 1 rings (SSSR count). The lowest BCUT2D eigenvalue weighted by molar-refractivity contribution is 0.0923. The fourth-order valence-corrected chi connectivity index (χ4v) is 1.67. The van der Waals surface area contributed by atoms with Gasteiger partial charge in [0.1, 0.15) is 5.69 Å². The zero-order valence-corrected chi connectivity index (χ0v) is 10.6. The first-order chi connectivity index (χ1) is 7.95. The fraction of sp³-hybridized carbons (Fsp3) is 0.583. The Morgan fingerprint density at radius 3 is 2.71 bits per heavy atom. The van der Waals surface area contributed by atoms with Gasteiger partial charge >= 0.3 is 0 Å². The van der Waals surface area contributed by atoms with Crippen molar-refractivity contribution in [3.05, 3.63) is 18.0 Å². The second kappa shape index (κ2) is 5.72. The van der Waals surface area contributed by atoms with Crippen LogP contribution in [-0.2, 0) is 0 Å². The van der Waals surface area contributed by atoms with Crippen LogP contribution in [0.1, 0.15) is 43.7 Å². The van der Waals surface area contributed by atoms with Gasteiger partial charge in [-0.25, -0.2) is 0 Å². The van der Waals surface area contributed by atoms with E-state index in [1.165, 1.54) is 0 Å². The van der Waals surface area contributed by atoms with E-state index in [1.54, 1.807) is 12.3 Å². The lowest BCUT2D eigenvalue weighted by atomic mass is 10.2. The third-order valence-corrected chi connectivity index (χ3v) is 2.60. The van der Waals surface area contributed by atoms with Crippen LogP contribution >= 0.6 is 0 Å². The molecule has 0 fully saturated rings. The third kappa shape index (κ3) is 3.49. The lowest BCUT2D eigenvalue weighted by Crippen LogP contribution is -2.34. The molecule has 0 bridgehead atoms. The molecule has 0 aliphatic heterocycles. The number of carbonyl (C=O) groups excluding carboxylic acids is 1. The molecule has 1 aromatic rings. The predicted octanol–water partition coefficient (Wildman–Crippen LogP) is 1.15. The summed E-state index contributed by atoms with van der Waals surface area (Å²) in [7, 11) is 0. The fourth-order valence-electron chi connectivity index (χ4n) is 1.67. The van der Waals surface area contributed by atoms with Crippen molar-refractivity contribution in [3.63, 3.8) is 0 Å². The minimum absolute atomic E-state index is 0.0516. The van der Waals surface area contributed by atoms with E-state index < -0.39 is 0 Å². The molecule has 5 heteroatoms. The van der Waals surface area contributed by atoms with Crippen LogP contribution in [-0.4, -0.2) is 28.2 Å². The summed E-state index contributed by atoms with van der Waals surface area (Å²) in [6.45, 7) is 5.91. The molecular formula is C12H21N3O2. The van der Waals surface area contributed by atoms with Crippen molar-refractivity contribution in [1.82, 2.24) is 9.88 Å². The van der Waals surface area contributed by atoms with Gasteiger partial charge in [-0.1, -0.05) is 0 Å². The first-order valence-corrected chi connectivity index (χ1v) is 5.84. The van der Waals surface area contributed by atoms with Crippen LogP contribution < -0.4 is 11.1 Å². The standard InChI is InChI=1S/C12H21N3O2/c1-8(2)15-7-10(13)6-11(15)12(17)14-9(3)4-5-16/h6-9,16H,4-5,13H2,1-3H3,(H,14,17). The Bertz CT molecular complexity index is 385. The van der Waals surface area contributed by atoms with E-state index in [1.807, 2.05) is 25.3 Å². The summed E-state index contributed by atoms with van der Waals surface area (Å²) in [4.78, 5) is 12.0. The van der Waals surface area contributed by atoms with Gasteiger partial charge in [-0.05, 0) is 33.3 Å². The van der Waals surface area contributed by atoms with Gasteiger partial charge in [-0.2, -0.15) is 0 Å². The average molecular weight is 239 g/mol. The Hall–Kier alpha value is -1.49. The summed E-state index contributed by atoms with van der Waals surface area (Å²) in [5.74, 6) is -0.156. The van der Waals surface area contributed by atoms with E-state index in [-0.39, 0.29) is 24.6 Å². The third-order valence-electron chi connectivity index (χ3n) is 2.60. The minimum Gasteiger partial charge on any atom is -0.397 e. The number of amides is 1. The van der Waals surface area contributed by atoms with Crippen molar-refractivity contribution >= 4 is 11.6 Å². The molecule has 0 spiro atoms. The highest BCUT2D eigenvalue weighted by molar-refractivity contribution is 5.94. The van der Waals surface area contributed by atoms with Crippen LogP contribution in [0.5, 0.6) is 0 Å². The van der Waals surface area contributed by atoms with Gasteiger partial charge < -0.3 is 20.7 Å². The SMILES string of the molecule is CC(CCO)NC(=O)c1cc(N)cn1C(C)C. The Labute approximate surface area is 102 Å². The number of nitrogens with one attached hydrogen (secondary N) is 1. The summed E-state index contributed by atoms with van der Waals surface area (Å²) < 4.78 is 1.84. The molecule has 17 heavy (non-hydrogen) atoms. The molecule has 96 valence electrons. The highest BCUT2D eigenvalue weighted by Crippen LogP contribution is 2.16. The van der Waals surface area contributed by atoms with Crippen LogP contribution in [0, 0.1) is 0 Å². The maximum Gasteiger partial charge on any atom is 0.268 e. The number of rotatable bonds is 5. The zero-order valence-electron chi connectivity index (χ0n) is 10.6. The zero-order chi connectivity index (χ0) is 13.0. The first-order valence-electron chi connectivity index (χ1n) is 5.84. The van der Waals surface area contributed by atoms with Gasteiger partial charge in [-0.15, -0.1) is 0 Å². The molecule has 0 radical (unpaired) electrons. The summed E-state index contributed by atoms with van der Waals surface area (Å²) in [5, 5.41) is 11.6. The van der Waals surface area contributed by atoms with Crippen LogP contribution in [0.3, 0.4) is 0 Å². The van der Waals surface area contributed by atoms with Gasteiger partial charge in [0, 0.05) is 24.9 Å². The summed E-state index contributed by atoms with van der Waals surface area (Å²) in [6, 6.07) is 1.80. The molecule has 1 amide bonds. The van der Waals surface area contributed by atoms with Crippen molar-refractivity contribution in [1.29, 1.82) is 0 Å². The first kappa shape index (κ1) is 13.6. The number of aromatic nitrogens is 1. The van der Waals surface area contributed by atoms with Crippen LogP contribution in [0.2, 0.25) is 0 Å². The topological polar surface area (TPSA) is 80.3 Å². The van der Waals surface area contributed by atoms with Crippen LogP contribution in [0.15, 0.2) is 12.3 Å². The van der Waals surface area contributed by atoms with E-state index >= 15 is 0 Å². The normalized spacial score (nSPS) is 12.8. The summed E-state index contributed by atoms with van der Waals surface area (Å²) in [5.41, 5.74) is 6.84. The molecule has 5 nitrogen and oxygen atoms in total. The number of hydrogen-bond acceptors (Lipinski definition) is 3. The number of anilines is 1. The van der Waals surface area contributed by atoms with Crippen molar-refractivity contribution in [2.75, 3.05) is 12.3 Å². The van der Waals surface area contributed by atoms with Gasteiger partial charge in [0.25, 0.3) is 5.91 Å². The van der Waals surface area contributed by atoms with E-state index in [4.69, 9.17) is 10.8 Å². The molecular weight excluding hydrogens is 218 g/mol. The molecule has 0 aromatic carbocycles. The molecule has 1 aromatic heterocycles. The number of aliphatic hydroxyl groups excluding tert-OH is 1. The smallest absolute Gasteiger partial charge is 0.268 e. The Kier molecular flexibility index (Phi) is 4.57. The highest BCUT2D eigenvalue weighted by Gasteiger charge is 2.16. The summed E-state index contributed by atoms with van der Waals surface area (Å²) >= 11 is 0. The van der Waals surface area contributed by atoms with Crippen molar-refractivity contribution in [2.45, 2.75) is 39.3 Å². The van der Waals surface area contributed by atoms with E-state index in [0.717, 1.165) is 0 Å².